The lowest BCUT2D eigenvalue weighted by atomic mass is 9.78. The summed E-state index contributed by atoms with van der Waals surface area (Å²) in [6.07, 6.45) is 11.2. The van der Waals surface area contributed by atoms with E-state index in [9.17, 15) is 9.59 Å². The van der Waals surface area contributed by atoms with E-state index in [1.165, 1.54) is 11.1 Å². The zero-order chi connectivity index (χ0) is 17.7. The molecule has 0 radical (unpaired) electrons. The van der Waals surface area contributed by atoms with Gasteiger partial charge in [-0.1, -0.05) is 23.8 Å². The lowest BCUT2D eigenvalue weighted by Crippen LogP contribution is -2.31. The molecular weight excluding hydrogens is 326 g/mol. The van der Waals surface area contributed by atoms with E-state index < -0.39 is 18.6 Å². The van der Waals surface area contributed by atoms with Crippen LogP contribution in [0.1, 0.15) is 38.5 Å². The normalized spacial score (nSPS) is 25.8. The van der Waals surface area contributed by atoms with Crippen molar-refractivity contribution in [3.8, 4) is 0 Å². The molecule has 0 atom stereocenters. The average molecular weight is 349 g/mol. The maximum absolute atomic E-state index is 11.3. The van der Waals surface area contributed by atoms with Crippen molar-refractivity contribution >= 4 is 12.1 Å². The van der Waals surface area contributed by atoms with Crippen LogP contribution in [0, 0.1) is 0 Å². The molecule has 136 valence electrons. The van der Waals surface area contributed by atoms with Crippen LogP contribution >= 0.6 is 0 Å². The monoisotopic (exact) mass is 349 g/mol. The van der Waals surface area contributed by atoms with Crippen LogP contribution in [0.4, 0.5) is 4.79 Å². The fraction of sp³-hybridized carbons (Fsp3) is 0.556. The van der Waals surface area contributed by atoms with Crippen LogP contribution in [0.5, 0.6) is 0 Å². The zero-order valence-electron chi connectivity index (χ0n) is 14.1. The molecule has 1 spiro atoms. The zero-order valence-corrected chi connectivity index (χ0v) is 14.1. The smallest absolute Gasteiger partial charge is 0.407 e. The number of carbonyl (C=O) groups is 2. The second kappa shape index (κ2) is 7.84. The van der Waals surface area contributed by atoms with Gasteiger partial charge in [-0.3, -0.25) is 4.79 Å². The highest BCUT2D eigenvalue weighted by Gasteiger charge is 2.39. The maximum Gasteiger partial charge on any atom is 0.407 e. The second-order valence-electron chi connectivity index (χ2n) is 6.61. The van der Waals surface area contributed by atoms with E-state index in [1.54, 1.807) is 0 Å². The molecule has 1 heterocycles. The summed E-state index contributed by atoms with van der Waals surface area (Å²) in [4.78, 5) is 32.3. The van der Waals surface area contributed by atoms with E-state index in [4.69, 9.17) is 19.6 Å². The van der Waals surface area contributed by atoms with Crippen LogP contribution in [0.25, 0.3) is 0 Å². The quantitative estimate of drug-likeness (QED) is 0.758. The van der Waals surface area contributed by atoms with Crippen LogP contribution in [0.3, 0.4) is 0 Å². The molecule has 3 aliphatic rings. The van der Waals surface area contributed by atoms with E-state index in [2.05, 4.69) is 11.4 Å². The van der Waals surface area contributed by atoms with Crippen molar-refractivity contribution in [2.45, 2.75) is 44.1 Å². The number of carboxylic acid groups (broad SMARTS) is 1. The van der Waals surface area contributed by atoms with E-state index in [0.717, 1.165) is 44.1 Å². The highest BCUT2D eigenvalue weighted by Crippen LogP contribution is 2.41. The molecule has 0 aromatic carbocycles. The molecule has 0 aromatic rings. The van der Waals surface area contributed by atoms with Gasteiger partial charge in [0.2, 0.25) is 0 Å². The third kappa shape index (κ3) is 4.70. The summed E-state index contributed by atoms with van der Waals surface area (Å²) in [6, 6.07) is 0. The number of hydrogen-bond acceptors (Lipinski definition) is 5. The fourth-order valence-electron chi connectivity index (χ4n) is 3.40. The maximum atomic E-state index is 11.3. The fourth-order valence-corrected chi connectivity index (χ4v) is 3.40. The number of alkyl carbamates (subject to hydrolysis) is 1. The Morgan fingerprint density at radius 1 is 1.24 bits per heavy atom. The summed E-state index contributed by atoms with van der Waals surface area (Å²) in [6.45, 7) is 0.386. The highest BCUT2D eigenvalue weighted by atomic mass is 17.2. The number of ether oxygens (including phenoxy) is 1. The number of aliphatic carboxylic acids is 1. The summed E-state index contributed by atoms with van der Waals surface area (Å²) in [5.41, 5.74) is 3.64. The second-order valence-corrected chi connectivity index (χ2v) is 6.61. The number of nitrogens with one attached hydrogen (secondary N) is 1. The Balaban J connectivity index is 1.45. The van der Waals surface area contributed by atoms with E-state index in [1.807, 2.05) is 12.2 Å². The average Bonchev–Trinajstić information content (AvgIpc) is 3.07. The molecule has 25 heavy (non-hydrogen) atoms. The third-order valence-corrected chi connectivity index (χ3v) is 4.93. The summed E-state index contributed by atoms with van der Waals surface area (Å²) in [5.74, 6) is -1.10. The predicted octanol–water partition coefficient (Wildman–Crippen LogP) is 2.64. The van der Waals surface area contributed by atoms with Gasteiger partial charge < -0.3 is 15.2 Å². The number of hydrogen-bond donors (Lipinski definition) is 2. The van der Waals surface area contributed by atoms with Gasteiger partial charge in [-0.05, 0) is 43.3 Å². The first-order valence-corrected chi connectivity index (χ1v) is 8.57. The van der Waals surface area contributed by atoms with Gasteiger partial charge >= 0.3 is 12.1 Å². The molecule has 0 aromatic heterocycles. The van der Waals surface area contributed by atoms with Crippen molar-refractivity contribution in [3.63, 3.8) is 0 Å². The Hall–Kier alpha value is -2.12. The lowest BCUT2D eigenvalue weighted by Gasteiger charge is -2.32. The number of carboxylic acids is 1. The molecule has 2 aliphatic carbocycles. The molecule has 1 aliphatic heterocycles. The Labute approximate surface area is 146 Å². The summed E-state index contributed by atoms with van der Waals surface area (Å²) < 4.78 is 5.00. The Morgan fingerprint density at radius 2 is 2.04 bits per heavy atom. The molecule has 3 rings (SSSR count). The summed E-state index contributed by atoms with van der Waals surface area (Å²) in [5, 5.41) is 10.6. The Bertz CT molecular complexity index is 615. The van der Waals surface area contributed by atoms with Crippen LogP contribution in [0.15, 0.2) is 34.9 Å². The van der Waals surface area contributed by atoms with Crippen LogP contribution in [-0.4, -0.2) is 42.5 Å². The molecule has 2 N–H and O–H groups in total. The van der Waals surface area contributed by atoms with E-state index in [0.29, 0.717) is 6.61 Å². The highest BCUT2D eigenvalue weighted by molar-refractivity contribution is 5.76. The summed E-state index contributed by atoms with van der Waals surface area (Å²) in [7, 11) is 0. The van der Waals surface area contributed by atoms with Gasteiger partial charge in [-0.2, -0.15) is 0 Å². The van der Waals surface area contributed by atoms with Crippen LogP contribution in [0.2, 0.25) is 0 Å². The van der Waals surface area contributed by atoms with Crippen LogP contribution < -0.4 is 5.32 Å². The lowest BCUT2D eigenvalue weighted by molar-refractivity contribution is -0.313. The number of rotatable bonds is 4. The topological polar surface area (TPSA) is 94.1 Å². The van der Waals surface area contributed by atoms with Gasteiger partial charge in [-0.25, -0.2) is 14.6 Å². The minimum atomic E-state index is -1.10. The first-order valence-electron chi connectivity index (χ1n) is 8.57. The molecule has 7 nitrogen and oxygen atoms in total. The van der Waals surface area contributed by atoms with Gasteiger partial charge in [0.15, 0.2) is 0 Å². The molecule has 7 heteroatoms. The first-order chi connectivity index (χ1) is 12.1. The standard InChI is InChI=1S/C18H23NO6/c20-16(21)11-19-17(22)23-12-13-1-3-14(4-2-13)15-5-7-18(8-6-15)9-10-24-25-18/h1-3H,4-12H2,(H,19,22)(H,20,21). The van der Waals surface area contributed by atoms with Gasteiger partial charge in [0.1, 0.15) is 18.8 Å². The minimum Gasteiger partial charge on any atom is -0.480 e. The van der Waals surface area contributed by atoms with Gasteiger partial charge in [0.25, 0.3) is 0 Å². The molecule has 0 bridgehead atoms. The number of amides is 1. The molecule has 0 unspecified atom stereocenters. The van der Waals surface area contributed by atoms with Crippen molar-refractivity contribution < 1.29 is 29.2 Å². The van der Waals surface area contributed by atoms with E-state index >= 15 is 0 Å². The number of allylic oxidation sites excluding steroid dienone is 4. The van der Waals surface area contributed by atoms with Gasteiger partial charge in [0, 0.05) is 6.42 Å². The molecule has 2 fully saturated rings. The number of carbonyl (C=O) groups excluding carboxylic acids is 1. The molecule has 1 saturated heterocycles. The van der Waals surface area contributed by atoms with Crippen molar-refractivity contribution in [2.24, 2.45) is 0 Å². The van der Waals surface area contributed by atoms with Crippen molar-refractivity contribution in [1.29, 1.82) is 0 Å². The minimum absolute atomic E-state index is 0.0689. The van der Waals surface area contributed by atoms with Crippen molar-refractivity contribution in [3.05, 3.63) is 34.9 Å². The first kappa shape index (κ1) is 17.7. The third-order valence-electron chi connectivity index (χ3n) is 4.93. The van der Waals surface area contributed by atoms with Crippen molar-refractivity contribution in [1.82, 2.24) is 5.32 Å². The Kier molecular flexibility index (Phi) is 5.55. The van der Waals surface area contributed by atoms with Crippen LogP contribution in [-0.2, 0) is 19.3 Å². The van der Waals surface area contributed by atoms with Gasteiger partial charge in [0.05, 0.1) is 6.61 Å². The Morgan fingerprint density at radius 3 is 2.64 bits per heavy atom. The largest absolute Gasteiger partial charge is 0.480 e. The van der Waals surface area contributed by atoms with Crippen molar-refractivity contribution in [2.75, 3.05) is 19.8 Å². The SMILES string of the molecule is O=C(O)CNC(=O)OCC1=CCC(=C2CCC3(CCOO3)CC2)C=C1. The predicted molar refractivity (Wildman–Crippen MR) is 88.7 cm³/mol. The molecule has 1 amide bonds. The van der Waals surface area contributed by atoms with Gasteiger partial charge in [-0.15, -0.1) is 0 Å². The van der Waals surface area contributed by atoms with E-state index in [-0.39, 0.29) is 12.2 Å². The molecule has 1 saturated carbocycles. The summed E-state index contributed by atoms with van der Waals surface area (Å²) >= 11 is 0. The molecular formula is C18H23NO6.